The molecule has 0 radical (unpaired) electrons. The minimum absolute atomic E-state index is 0.00231. The number of aromatic nitrogens is 2. The number of nitrogens with zero attached hydrogens (tertiary/aromatic N) is 3. The summed E-state index contributed by atoms with van der Waals surface area (Å²) in [6.45, 7) is 5.24. The highest BCUT2D eigenvalue weighted by atomic mass is 32.1. The summed E-state index contributed by atoms with van der Waals surface area (Å²) in [5.41, 5.74) is 3.96. The molecule has 1 aliphatic heterocycles. The van der Waals surface area contributed by atoms with Gasteiger partial charge in [-0.25, -0.2) is 4.98 Å². The fourth-order valence-electron chi connectivity index (χ4n) is 3.63. The van der Waals surface area contributed by atoms with Crippen LogP contribution in [0.2, 0.25) is 0 Å². The number of fused-ring (bicyclic) bond motifs is 1. The van der Waals surface area contributed by atoms with E-state index in [2.05, 4.69) is 10.3 Å². The van der Waals surface area contributed by atoms with Crippen LogP contribution in [0.4, 0.5) is 5.69 Å². The van der Waals surface area contributed by atoms with Crippen molar-refractivity contribution in [2.24, 2.45) is 0 Å². The van der Waals surface area contributed by atoms with E-state index >= 15 is 0 Å². The SMILES string of the molecule is CCN(CC)C(=O)c1cccc2c1CC(c1csc(-c3ccncc3)n1)C(=O)N2. The molecule has 0 saturated carbocycles. The number of carbonyl (C=O) groups excluding carboxylic acids is 2. The number of carbonyl (C=O) groups is 2. The Morgan fingerprint density at radius 3 is 2.69 bits per heavy atom. The van der Waals surface area contributed by atoms with Gasteiger partial charge in [0.15, 0.2) is 0 Å². The minimum atomic E-state index is -0.417. The molecular formula is C22H22N4O2S. The quantitative estimate of drug-likeness (QED) is 0.696. The van der Waals surface area contributed by atoms with Crippen LogP contribution in [0.3, 0.4) is 0 Å². The Bertz CT molecular complexity index is 1040. The molecule has 1 unspecified atom stereocenters. The predicted molar refractivity (Wildman–Crippen MR) is 114 cm³/mol. The number of rotatable bonds is 5. The molecule has 3 heterocycles. The van der Waals surface area contributed by atoms with Gasteiger partial charge in [0.25, 0.3) is 5.91 Å². The average Bonchev–Trinajstić information content (AvgIpc) is 3.24. The molecule has 1 N–H and O–H groups in total. The molecule has 6 nitrogen and oxygen atoms in total. The molecule has 3 aromatic rings. The molecule has 0 aliphatic carbocycles. The molecule has 1 atom stereocenters. The fourth-order valence-corrected chi connectivity index (χ4v) is 4.51. The summed E-state index contributed by atoms with van der Waals surface area (Å²) in [7, 11) is 0. The van der Waals surface area contributed by atoms with Crippen LogP contribution in [-0.4, -0.2) is 39.8 Å². The lowest BCUT2D eigenvalue weighted by atomic mass is 9.88. The summed E-state index contributed by atoms with van der Waals surface area (Å²) < 4.78 is 0. The third-order valence-corrected chi connectivity index (χ3v) is 6.16. The van der Waals surface area contributed by atoms with Crippen LogP contribution in [-0.2, 0) is 11.2 Å². The maximum Gasteiger partial charge on any atom is 0.254 e. The van der Waals surface area contributed by atoms with E-state index in [9.17, 15) is 9.59 Å². The normalized spacial score (nSPS) is 15.5. The average molecular weight is 407 g/mol. The van der Waals surface area contributed by atoms with E-state index in [4.69, 9.17) is 4.98 Å². The number of nitrogens with one attached hydrogen (secondary N) is 1. The zero-order chi connectivity index (χ0) is 20.4. The van der Waals surface area contributed by atoms with Crippen LogP contribution in [0.15, 0.2) is 48.1 Å². The van der Waals surface area contributed by atoms with Crippen LogP contribution < -0.4 is 5.32 Å². The Labute approximate surface area is 173 Å². The summed E-state index contributed by atoms with van der Waals surface area (Å²) >= 11 is 1.51. The summed E-state index contributed by atoms with van der Waals surface area (Å²) in [6.07, 6.45) is 3.92. The molecular weight excluding hydrogens is 384 g/mol. The van der Waals surface area contributed by atoms with Gasteiger partial charge in [-0.1, -0.05) is 6.07 Å². The number of pyridine rings is 1. The standard InChI is InChI=1S/C22H22N4O2S/c1-3-26(4-2)22(28)15-6-5-7-18-16(15)12-17(20(27)24-18)19-13-29-21(25-19)14-8-10-23-11-9-14/h5-11,13,17H,3-4,12H2,1-2H3,(H,24,27). The number of anilines is 1. The smallest absolute Gasteiger partial charge is 0.254 e. The number of benzene rings is 1. The van der Waals surface area contributed by atoms with E-state index in [0.717, 1.165) is 21.8 Å². The van der Waals surface area contributed by atoms with E-state index in [0.29, 0.717) is 30.8 Å². The number of hydrogen-bond acceptors (Lipinski definition) is 5. The molecule has 1 aromatic carbocycles. The van der Waals surface area contributed by atoms with E-state index < -0.39 is 5.92 Å². The van der Waals surface area contributed by atoms with E-state index in [1.807, 2.05) is 49.6 Å². The van der Waals surface area contributed by atoms with E-state index in [1.54, 1.807) is 17.3 Å². The first-order chi connectivity index (χ1) is 14.1. The monoisotopic (exact) mass is 406 g/mol. The highest BCUT2D eigenvalue weighted by molar-refractivity contribution is 7.13. The first kappa shape index (κ1) is 19.3. The van der Waals surface area contributed by atoms with Crippen LogP contribution in [0, 0.1) is 0 Å². The van der Waals surface area contributed by atoms with Gasteiger partial charge in [0.2, 0.25) is 5.91 Å². The topological polar surface area (TPSA) is 75.2 Å². The van der Waals surface area contributed by atoms with Gasteiger partial charge in [-0.15, -0.1) is 11.3 Å². The van der Waals surface area contributed by atoms with Crippen molar-refractivity contribution in [3.05, 3.63) is 64.9 Å². The molecule has 0 bridgehead atoms. The van der Waals surface area contributed by atoms with Crippen molar-refractivity contribution in [1.82, 2.24) is 14.9 Å². The molecule has 0 fully saturated rings. The second-order valence-corrected chi connectivity index (χ2v) is 7.73. The van der Waals surface area contributed by atoms with Crippen molar-refractivity contribution >= 4 is 28.8 Å². The molecule has 1 aliphatic rings. The second-order valence-electron chi connectivity index (χ2n) is 6.87. The van der Waals surface area contributed by atoms with Gasteiger partial charge in [0, 0.05) is 47.7 Å². The summed E-state index contributed by atoms with van der Waals surface area (Å²) in [6, 6.07) is 9.32. The number of thiazole rings is 1. The molecule has 29 heavy (non-hydrogen) atoms. The molecule has 4 rings (SSSR count). The Kier molecular flexibility index (Phi) is 5.40. The molecule has 2 aromatic heterocycles. The summed E-state index contributed by atoms with van der Waals surface area (Å²) in [5.74, 6) is -0.506. The van der Waals surface area contributed by atoms with Crippen LogP contribution in [0.1, 0.15) is 41.4 Å². The van der Waals surface area contributed by atoms with Crippen molar-refractivity contribution < 1.29 is 9.59 Å². The van der Waals surface area contributed by atoms with Crippen LogP contribution in [0.5, 0.6) is 0 Å². The van der Waals surface area contributed by atoms with Crippen molar-refractivity contribution in [3.63, 3.8) is 0 Å². The number of amides is 2. The van der Waals surface area contributed by atoms with Crippen LogP contribution >= 0.6 is 11.3 Å². The maximum atomic E-state index is 13.0. The highest BCUT2D eigenvalue weighted by Crippen LogP contribution is 2.35. The van der Waals surface area contributed by atoms with Crippen molar-refractivity contribution in [1.29, 1.82) is 0 Å². The third kappa shape index (κ3) is 3.65. The number of hydrogen-bond donors (Lipinski definition) is 1. The van der Waals surface area contributed by atoms with Gasteiger partial charge in [-0.2, -0.15) is 0 Å². The maximum absolute atomic E-state index is 13.0. The fraction of sp³-hybridized carbons (Fsp3) is 0.273. The summed E-state index contributed by atoms with van der Waals surface area (Å²) in [5, 5.41) is 5.76. The van der Waals surface area contributed by atoms with Gasteiger partial charge in [-0.3, -0.25) is 14.6 Å². The Balaban J connectivity index is 1.67. The van der Waals surface area contributed by atoms with Gasteiger partial charge < -0.3 is 10.2 Å². The van der Waals surface area contributed by atoms with Gasteiger partial charge >= 0.3 is 0 Å². The minimum Gasteiger partial charge on any atom is -0.339 e. The van der Waals surface area contributed by atoms with Gasteiger partial charge in [-0.05, 0) is 50.1 Å². The molecule has 0 spiro atoms. The van der Waals surface area contributed by atoms with E-state index in [-0.39, 0.29) is 11.8 Å². The van der Waals surface area contributed by atoms with Crippen LogP contribution in [0.25, 0.3) is 10.6 Å². The zero-order valence-corrected chi connectivity index (χ0v) is 17.2. The Hall–Kier alpha value is -3.06. The van der Waals surface area contributed by atoms with Crippen molar-refractivity contribution in [2.75, 3.05) is 18.4 Å². The molecule has 7 heteroatoms. The first-order valence-electron chi connectivity index (χ1n) is 9.70. The lowest BCUT2D eigenvalue weighted by molar-refractivity contribution is -0.117. The largest absolute Gasteiger partial charge is 0.339 e. The Morgan fingerprint density at radius 2 is 1.97 bits per heavy atom. The Morgan fingerprint density at radius 1 is 1.21 bits per heavy atom. The lowest BCUT2D eigenvalue weighted by Gasteiger charge is -2.27. The predicted octanol–water partition coefficient (Wildman–Crippen LogP) is 3.97. The second kappa shape index (κ2) is 8.13. The van der Waals surface area contributed by atoms with Gasteiger partial charge in [0.05, 0.1) is 11.6 Å². The molecule has 0 saturated heterocycles. The first-order valence-corrected chi connectivity index (χ1v) is 10.6. The molecule has 148 valence electrons. The third-order valence-electron chi connectivity index (χ3n) is 5.25. The lowest BCUT2D eigenvalue weighted by Crippen LogP contribution is -2.34. The summed E-state index contributed by atoms with van der Waals surface area (Å²) in [4.78, 5) is 36.3. The molecule has 2 amide bonds. The van der Waals surface area contributed by atoms with Crippen molar-refractivity contribution in [3.8, 4) is 10.6 Å². The highest BCUT2D eigenvalue weighted by Gasteiger charge is 2.32. The zero-order valence-electron chi connectivity index (χ0n) is 16.4. The van der Waals surface area contributed by atoms with Gasteiger partial charge in [0.1, 0.15) is 5.01 Å². The van der Waals surface area contributed by atoms with E-state index in [1.165, 1.54) is 11.3 Å². The van der Waals surface area contributed by atoms with Crippen molar-refractivity contribution in [2.45, 2.75) is 26.2 Å².